The van der Waals surface area contributed by atoms with Gasteiger partial charge in [0.2, 0.25) is 0 Å². The van der Waals surface area contributed by atoms with Crippen LogP contribution in [-0.2, 0) is 11.2 Å². The van der Waals surface area contributed by atoms with E-state index in [1.807, 2.05) is 35.0 Å². The van der Waals surface area contributed by atoms with Crippen LogP contribution < -0.4 is 10.6 Å². The van der Waals surface area contributed by atoms with E-state index in [0.717, 1.165) is 18.4 Å². The molecule has 0 aliphatic rings. The van der Waals surface area contributed by atoms with Crippen LogP contribution in [0.5, 0.6) is 0 Å². The first-order valence-corrected chi connectivity index (χ1v) is 9.04. The molecule has 0 aliphatic carbocycles. The Kier molecular flexibility index (Phi) is 8.31. The minimum absolute atomic E-state index is 0.0354. The largest absolute Gasteiger partial charge is 0.394 e. The number of ether oxygens (including phenoxy) is 1. The lowest BCUT2D eigenvalue weighted by molar-refractivity contribution is 0.0297. The number of benzene rings is 1. The fourth-order valence-corrected chi connectivity index (χ4v) is 3.01. The van der Waals surface area contributed by atoms with Gasteiger partial charge in [0.05, 0.1) is 13.2 Å². The Morgan fingerprint density at radius 1 is 1.21 bits per heavy atom. The van der Waals surface area contributed by atoms with E-state index in [4.69, 9.17) is 9.84 Å². The van der Waals surface area contributed by atoms with Crippen molar-refractivity contribution < 1.29 is 14.6 Å². The number of nitrogens with one attached hydrogen (secondary N) is 2. The van der Waals surface area contributed by atoms with Gasteiger partial charge in [0.1, 0.15) is 6.10 Å². The lowest BCUT2D eigenvalue weighted by Crippen LogP contribution is -2.38. The predicted octanol–water partition coefficient (Wildman–Crippen LogP) is 2.73. The highest BCUT2D eigenvalue weighted by Crippen LogP contribution is 2.19. The highest BCUT2D eigenvalue weighted by molar-refractivity contribution is 7.07. The van der Waals surface area contributed by atoms with Gasteiger partial charge in [-0.1, -0.05) is 30.3 Å². The van der Waals surface area contributed by atoms with Gasteiger partial charge in [-0.05, 0) is 40.8 Å². The number of hydrogen-bond donors (Lipinski definition) is 3. The summed E-state index contributed by atoms with van der Waals surface area (Å²) >= 11 is 1.58. The second-order valence-electron chi connectivity index (χ2n) is 5.37. The van der Waals surface area contributed by atoms with Crippen LogP contribution in [0.2, 0.25) is 0 Å². The van der Waals surface area contributed by atoms with Crippen molar-refractivity contribution in [3.05, 3.63) is 58.3 Å². The summed E-state index contributed by atoms with van der Waals surface area (Å²) in [5, 5.41) is 18.5. The Labute approximate surface area is 146 Å². The Morgan fingerprint density at radius 2 is 2.04 bits per heavy atom. The molecule has 1 atom stereocenters. The van der Waals surface area contributed by atoms with Crippen molar-refractivity contribution in [2.75, 3.05) is 26.3 Å². The third kappa shape index (κ3) is 6.70. The van der Waals surface area contributed by atoms with Crippen molar-refractivity contribution in [3.63, 3.8) is 0 Å². The Morgan fingerprint density at radius 3 is 2.75 bits per heavy atom. The fraction of sp³-hybridized carbons (Fsp3) is 0.389. The van der Waals surface area contributed by atoms with Crippen LogP contribution >= 0.6 is 11.3 Å². The van der Waals surface area contributed by atoms with Gasteiger partial charge in [-0.25, -0.2) is 4.79 Å². The molecular weight excluding hydrogens is 324 g/mol. The van der Waals surface area contributed by atoms with Crippen molar-refractivity contribution in [1.29, 1.82) is 0 Å². The molecule has 24 heavy (non-hydrogen) atoms. The molecule has 6 heteroatoms. The maximum atomic E-state index is 11.9. The normalized spacial score (nSPS) is 11.9. The smallest absolute Gasteiger partial charge is 0.314 e. The lowest BCUT2D eigenvalue weighted by Gasteiger charge is -2.17. The SMILES string of the molecule is O=C(NCCCc1ccccc1)NC[C@@H](OCCO)c1ccsc1. The molecule has 1 heterocycles. The monoisotopic (exact) mass is 348 g/mol. The molecule has 0 saturated heterocycles. The number of aryl methyl sites for hydroxylation is 1. The molecule has 1 aromatic carbocycles. The van der Waals surface area contributed by atoms with Gasteiger partial charge in [0.15, 0.2) is 0 Å². The van der Waals surface area contributed by atoms with Crippen molar-refractivity contribution in [2.45, 2.75) is 18.9 Å². The maximum Gasteiger partial charge on any atom is 0.314 e. The third-order valence-corrected chi connectivity index (χ3v) is 4.25. The summed E-state index contributed by atoms with van der Waals surface area (Å²) in [6, 6.07) is 12.0. The van der Waals surface area contributed by atoms with Crippen molar-refractivity contribution in [3.8, 4) is 0 Å². The molecule has 2 rings (SSSR count). The Bertz CT molecular complexity index is 575. The summed E-state index contributed by atoms with van der Waals surface area (Å²) in [5.41, 5.74) is 2.28. The van der Waals surface area contributed by atoms with Gasteiger partial charge in [-0.2, -0.15) is 11.3 Å². The molecule has 0 saturated carbocycles. The molecule has 0 spiro atoms. The van der Waals surface area contributed by atoms with Crippen LogP contribution in [0, 0.1) is 0 Å². The van der Waals surface area contributed by atoms with E-state index in [1.54, 1.807) is 11.3 Å². The number of rotatable bonds is 10. The predicted molar refractivity (Wildman–Crippen MR) is 96.3 cm³/mol. The average molecular weight is 348 g/mol. The molecule has 0 aliphatic heterocycles. The zero-order valence-electron chi connectivity index (χ0n) is 13.6. The highest BCUT2D eigenvalue weighted by atomic mass is 32.1. The number of hydrogen-bond acceptors (Lipinski definition) is 4. The van der Waals surface area contributed by atoms with E-state index in [2.05, 4.69) is 22.8 Å². The van der Waals surface area contributed by atoms with Gasteiger partial charge in [0.25, 0.3) is 0 Å². The summed E-state index contributed by atoms with van der Waals surface area (Å²) in [7, 11) is 0. The second kappa shape index (κ2) is 10.8. The number of aliphatic hydroxyl groups excluding tert-OH is 1. The first kappa shape index (κ1) is 18.4. The average Bonchev–Trinajstić information content (AvgIpc) is 3.14. The molecule has 0 radical (unpaired) electrons. The van der Waals surface area contributed by atoms with E-state index in [1.165, 1.54) is 5.56 Å². The van der Waals surface area contributed by atoms with E-state index in [-0.39, 0.29) is 25.3 Å². The van der Waals surface area contributed by atoms with E-state index < -0.39 is 0 Å². The van der Waals surface area contributed by atoms with Crippen molar-refractivity contribution in [2.24, 2.45) is 0 Å². The van der Waals surface area contributed by atoms with E-state index in [0.29, 0.717) is 13.1 Å². The summed E-state index contributed by atoms with van der Waals surface area (Å²) in [5.74, 6) is 0. The molecule has 0 fully saturated rings. The molecule has 0 unspecified atom stereocenters. The first-order chi connectivity index (χ1) is 11.8. The zero-order valence-corrected chi connectivity index (χ0v) is 14.4. The first-order valence-electron chi connectivity index (χ1n) is 8.10. The van der Waals surface area contributed by atoms with Crippen molar-refractivity contribution >= 4 is 17.4 Å². The number of urea groups is 1. The summed E-state index contributed by atoms with van der Waals surface area (Å²) in [4.78, 5) is 11.9. The number of carbonyl (C=O) groups is 1. The fourth-order valence-electron chi connectivity index (χ4n) is 2.31. The van der Waals surface area contributed by atoms with Gasteiger partial charge in [-0.3, -0.25) is 0 Å². The molecule has 5 nitrogen and oxygen atoms in total. The summed E-state index contributed by atoms with van der Waals surface area (Å²) in [6.07, 6.45) is 1.60. The standard InChI is InChI=1S/C18H24N2O3S/c21-10-11-23-17(16-8-12-24-14-16)13-20-18(22)19-9-4-7-15-5-2-1-3-6-15/h1-3,5-6,8,12,14,17,21H,4,7,9-11,13H2,(H2,19,20,22)/t17-/m1/s1. The summed E-state index contributed by atoms with van der Waals surface area (Å²) < 4.78 is 5.58. The minimum atomic E-state index is -0.238. The Balaban J connectivity index is 1.65. The van der Waals surface area contributed by atoms with Crippen LogP contribution in [0.4, 0.5) is 4.79 Å². The van der Waals surface area contributed by atoms with Crippen LogP contribution in [0.25, 0.3) is 0 Å². The zero-order chi connectivity index (χ0) is 17.0. The maximum absolute atomic E-state index is 11.9. The number of amides is 2. The molecular formula is C18H24N2O3S. The quantitative estimate of drug-likeness (QED) is 0.578. The highest BCUT2D eigenvalue weighted by Gasteiger charge is 2.13. The van der Waals surface area contributed by atoms with Crippen LogP contribution in [0.15, 0.2) is 47.2 Å². The third-order valence-electron chi connectivity index (χ3n) is 3.54. The van der Waals surface area contributed by atoms with Gasteiger partial charge < -0.3 is 20.5 Å². The van der Waals surface area contributed by atoms with Crippen molar-refractivity contribution in [1.82, 2.24) is 10.6 Å². The van der Waals surface area contributed by atoms with E-state index >= 15 is 0 Å². The molecule has 1 aromatic heterocycles. The minimum Gasteiger partial charge on any atom is -0.394 e. The Hall–Kier alpha value is -1.89. The topological polar surface area (TPSA) is 70.6 Å². The molecule has 2 aromatic rings. The second-order valence-corrected chi connectivity index (χ2v) is 6.15. The lowest BCUT2D eigenvalue weighted by atomic mass is 10.1. The number of carbonyl (C=O) groups excluding carboxylic acids is 1. The number of aliphatic hydroxyl groups is 1. The molecule has 3 N–H and O–H groups in total. The van der Waals surface area contributed by atoms with E-state index in [9.17, 15) is 4.79 Å². The summed E-state index contributed by atoms with van der Waals surface area (Å²) in [6.45, 7) is 1.22. The van der Waals surface area contributed by atoms with Gasteiger partial charge >= 0.3 is 6.03 Å². The van der Waals surface area contributed by atoms with Gasteiger partial charge in [0, 0.05) is 13.1 Å². The molecule has 0 bridgehead atoms. The van der Waals surface area contributed by atoms with Crippen LogP contribution in [0.1, 0.15) is 23.7 Å². The molecule has 130 valence electrons. The van der Waals surface area contributed by atoms with Crippen LogP contribution in [-0.4, -0.2) is 37.4 Å². The van der Waals surface area contributed by atoms with Crippen LogP contribution in [0.3, 0.4) is 0 Å². The van der Waals surface area contributed by atoms with Gasteiger partial charge in [-0.15, -0.1) is 0 Å². The molecule has 2 amide bonds. The number of thiophene rings is 1.